The number of hydrogen-bond donors (Lipinski definition) is 2. The van der Waals surface area contributed by atoms with Crippen molar-refractivity contribution in [1.29, 1.82) is 0 Å². The highest BCUT2D eigenvalue weighted by atomic mass is 19.2. The molecule has 0 unspecified atom stereocenters. The van der Waals surface area contributed by atoms with Gasteiger partial charge in [0.1, 0.15) is 11.6 Å². The summed E-state index contributed by atoms with van der Waals surface area (Å²) in [6, 6.07) is 11.0. The highest BCUT2D eigenvalue weighted by molar-refractivity contribution is 6.11. The molecule has 7 nitrogen and oxygen atoms in total. The molecule has 0 spiro atoms. The number of rotatable bonds is 5. The molecule has 2 heterocycles. The fourth-order valence-electron chi connectivity index (χ4n) is 3.96. The number of aromatic nitrogens is 2. The molecule has 0 aliphatic carbocycles. The van der Waals surface area contributed by atoms with Gasteiger partial charge in [0, 0.05) is 43.0 Å². The Morgan fingerprint density at radius 2 is 1.58 bits per heavy atom. The number of fused-ring (bicyclic) bond motifs is 1. The lowest BCUT2D eigenvalue weighted by atomic mass is 10.0. The molecule has 1 fully saturated rings. The third-order valence-electron chi connectivity index (χ3n) is 5.88. The van der Waals surface area contributed by atoms with Gasteiger partial charge < -0.3 is 15.5 Å². The number of carbonyl (C=O) groups is 2. The van der Waals surface area contributed by atoms with Crippen LogP contribution in [0.4, 0.5) is 24.7 Å². The van der Waals surface area contributed by atoms with Gasteiger partial charge in [-0.15, -0.1) is 0 Å². The van der Waals surface area contributed by atoms with E-state index in [1.54, 1.807) is 18.3 Å². The van der Waals surface area contributed by atoms with E-state index in [2.05, 4.69) is 25.5 Å². The quantitative estimate of drug-likeness (QED) is 0.412. The Kier molecular flexibility index (Phi) is 6.34. The fraction of sp³-hybridized carbons (Fsp3) is 0.154. The Hall–Kier alpha value is -4.31. The highest BCUT2D eigenvalue weighted by Crippen LogP contribution is 2.23. The lowest BCUT2D eigenvalue weighted by Crippen LogP contribution is -2.43. The maximum absolute atomic E-state index is 14.6. The number of anilines is 2. The van der Waals surface area contributed by atoms with Crippen LogP contribution < -0.4 is 15.5 Å². The van der Waals surface area contributed by atoms with E-state index >= 15 is 0 Å². The van der Waals surface area contributed by atoms with E-state index in [0.717, 1.165) is 50.4 Å². The maximum atomic E-state index is 14.6. The van der Waals surface area contributed by atoms with Crippen molar-refractivity contribution in [2.24, 2.45) is 0 Å². The molecule has 182 valence electrons. The summed E-state index contributed by atoms with van der Waals surface area (Å²) in [6.07, 6.45) is 1.69. The summed E-state index contributed by atoms with van der Waals surface area (Å²) in [6.45, 7) is 3.24. The van der Waals surface area contributed by atoms with Crippen molar-refractivity contribution in [3.63, 3.8) is 0 Å². The fourth-order valence-corrected chi connectivity index (χ4v) is 3.96. The van der Waals surface area contributed by atoms with Crippen LogP contribution in [-0.2, 0) is 0 Å². The molecule has 10 heteroatoms. The lowest BCUT2D eigenvalue weighted by molar-refractivity contribution is 0.101. The van der Waals surface area contributed by atoms with Gasteiger partial charge in [0.2, 0.25) is 0 Å². The molecule has 0 atom stereocenters. The molecule has 1 amide bonds. The summed E-state index contributed by atoms with van der Waals surface area (Å²) in [5.74, 6) is -3.67. The zero-order valence-corrected chi connectivity index (χ0v) is 18.9. The van der Waals surface area contributed by atoms with Crippen LogP contribution in [0.2, 0.25) is 0 Å². The highest BCUT2D eigenvalue weighted by Gasteiger charge is 2.18. The first-order valence-corrected chi connectivity index (χ1v) is 11.2. The standard InChI is InChI=1S/C26H20F3N5O2/c27-19-5-3-17(32-26(36)16-1-4-20(28)21(29)11-16)13-18(19)25(35)15-2-6-22-23(12-15)33-24(14-31-22)34-9-7-30-8-10-34/h1-6,11-14,30H,7-10H2,(H,32,36). The summed E-state index contributed by atoms with van der Waals surface area (Å²) in [5.41, 5.74) is 1.04. The average molecular weight is 491 g/mol. The van der Waals surface area contributed by atoms with Crippen LogP contribution in [0.5, 0.6) is 0 Å². The second-order valence-corrected chi connectivity index (χ2v) is 8.28. The molecule has 1 aromatic heterocycles. The summed E-state index contributed by atoms with van der Waals surface area (Å²) in [4.78, 5) is 36.8. The largest absolute Gasteiger partial charge is 0.353 e. The van der Waals surface area contributed by atoms with Crippen LogP contribution in [0.25, 0.3) is 11.0 Å². The Balaban J connectivity index is 1.41. The SMILES string of the molecule is O=C(Nc1ccc(F)c(C(=O)c2ccc3ncc(N4CCNCC4)nc3c2)c1)c1ccc(F)c(F)c1. The van der Waals surface area contributed by atoms with Crippen molar-refractivity contribution in [3.8, 4) is 0 Å². The normalized spacial score (nSPS) is 13.6. The summed E-state index contributed by atoms with van der Waals surface area (Å²) < 4.78 is 41.2. The molecular weight excluding hydrogens is 471 g/mol. The maximum Gasteiger partial charge on any atom is 0.255 e. The van der Waals surface area contributed by atoms with Crippen LogP contribution in [0.3, 0.4) is 0 Å². The van der Waals surface area contributed by atoms with Gasteiger partial charge in [-0.1, -0.05) is 0 Å². The smallest absolute Gasteiger partial charge is 0.255 e. The van der Waals surface area contributed by atoms with E-state index in [4.69, 9.17) is 0 Å². The van der Waals surface area contributed by atoms with E-state index in [-0.39, 0.29) is 22.4 Å². The first-order chi connectivity index (χ1) is 17.4. The van der Waals surface area contributed by atoms with Crippen molar-refractivity contribution >= 4 is 34.2 Å². The number of benzene rings is 3. The zero-order chi connectivity index (χ0) is 25.2. The molecule has 3 aromatic carbocycles. The predicted molar refractivity (Wildman–Crippen MR) is 129 cm³/mol. The monoisotopic (exact) mass is 491 g/mol. The predicted octanol–water partition coefficient (Wildman–Crippen LogP) is 3.94. The molecular formula is C26H20F3N5O2. The minimum absolute atomic E-state index is 0.121. The number of halogens is 3. The van der Waals surface area contributed by atoms with Crippen LogP contribution in [-0.4, -0.2) is 47.8 Å². The number of nitrogens with zero attached hydrogens (tertiary/aromatic N) is 3. The minimum Gasteiger partial charge on any atom is -0.353 e. The number of carbonyl (C=O) groups excluding carboxylic acids is 2. The van der Waals surface area contributed by atoms with E-state index in [1.165, 1.54) is 18.2 Å². The zero-order valence-electron chi connectivity index (χ0n) is 18.9. The van der Waals surface area contributed by atoms with E-state index in [0.29, 0.717) is 16.9 Å². The Morgan fingerprint density at radius 1 is 0.833 bits per heavy atom. The van der Waals surface area contributed by atoms with Gasteiger partial charge in [-0.05, 0) is 54.6 Å². The van der Waals surface area contributed by atoms with Crippen LogP contribution >= 0.6 is 0 Å². The molecule has 0 bridgehead atoms. The van der Waals surface area contributed by atoms with Crippen LogP contribution in [0.1, 0.15) is 26.3 Å². The molecule has 1 aliphatic heterocycles. The second-order valence-electron chi connectivity index (χ2n) is 8.28. The van der Waals surface area contributed by atoms with Gasteiger partial charge in [0.25, 0.3) is 5.91 Å². The van der Waals surface area contributed by atoms with Crippen LogP contribution in [0, 0.1) is 17.5 Å². The first-order valence-electron chi connectivity index (χ1n) is 11.2. The van der Waals surface area contributed by atoms with Gasteiger partial charge in [0.15, 0.2) is 17.4 Å². The van der Waals surface area contributed by atoms with Gasteiger partial charge in [-0.3, -0.25) is 14.6 Å². The average Bonchev–Trinajstić information content (AvgIpc) is 2.90. The van der Waals surface area contributed by atoms with Crippen molar-refractivity contribution in [3.05, 3.63) is 94.9 Å². The topological polar surface area (TPSA) is 87.2 Å². The third-order valence-corrected chi connectivity index (χ3v) is 5.88. The Labute approximate surface area is 204 Å². The van der Waals surface area contributed by atoms with Gasteiger partial charge in [0.05, 0.1) is 22.8 Å². The van der Waals surface area contributed by atoms with Crippen molar-refractivity contribution in [1.82, 2.24) is 15.3 Å². The first kappa shape index (κ1) is 23.4. The molecule has 2 N–H and O–H groups in total. The molecule has 36 heavy (non-hydrogen) atoms. The second kappa shape index (κ2) is 9.74. The van der Waals surface area contributed by atoms with E-state index in [1.807, 2.05) is 0 Å². The molecule has 1 aliphatic rings. The number of ketones is 1. The Morgan fingerprint density at radius 3 is 2.36 bits per heavy atom. The van der Waals surface area contributed by atoms with Gasteiger partial charge >= 0.3 is 0 Å². The van der Waals surface area contributed by atoms with Crippen LogP contribution in [0.15, 0.2) is 60.8 Å². The van der Waals surface area contributed by atoms with E-state index < -0.39 is 29.1 Å². The number of hydrogen-bond acceptors (Lipinski definition) is 6. The summed E-state index contributed by atoms with van der Waals surface area (Å²) >= 11 is 0. The number of nitrogens with one attached hydrogen (secondary N) is 2. The van der Waals surface area contributed by atoms with Gasteiger partial charge in [-0.2, -0.15) is 0 Å². The molecule has 1 saturated heterocycles. The summed E-state index contributed by atoms with van der Waals surface area (Å²) in [5, 5.41) is 5.74. The number of amides is 1. The molecule has 0 saturated carbocycles. The van der Waals surface area contributed by atoms with Crippen molar-refractivity contribution < 1.29 is 22.8 Å². The van der Waals surface area contributed by atoms with E-state index in [9.17, 15) is 22.8 Å². The lowest BCUT2D eigenvalue weighted by Gasteiger charge is -2.28. The van der Waals surface area contributed by atoms with Crippen molar-refractivity contribution in [2.45, 2.75) is 0 Å². The molecule has 0 radical (unpaired) electrons. The number of piperazine rings is 1. The third kappa shape index (κ3) is 4.76. The van der Waals surface area contributed by atoms with Crippen molar-refractivity contribution in [2.75, 3.05) is 36.4 Å². The molecule has 4 aromatic rings. The Bertz CT molecular complexity index is 1490. The summed E-state index contributed by atoms with van der Waals surface area (Å²) in [7, 11) is 0. The minimum atomic E-state index is -1.17. The van der Waals surface area contributed by atoms with Gasteiger partial charge in [-0.25, -0.2) is 18.2 Å². The molecule has 5 rings (SSSR count).